The van der Waals surface area contributed by atoms with Crippen LogP contribution in [0.2, 0.25) is 0 Å². The minimum atomic E-state index is -4.67. The third kappa shape index (κ3) is 4.14. The molecule has 0 fully saturated rings. The maximum absolute atomic E-state index is 12.2. The van der Waals surface area contributed by atoms with E-state index in [0.717, 1.165) is 36.4 Å². The first-order valence-corrected chi connectivity index (χ1v) is 9.27. The van der Waals surface area contributed by atoms with Gasteiger partial charge in [-0.25, -0.2) is 16.8 Å². The lowest BCUT2D eigenvalue weighted by molar-refractivity contribution is -0.385. The molecule has 0 saturated heterocycles. The van der Waals surface area contributed by atoms with Gasteiger partial charge < -0.3 is 0 Å². The highest BCUT2D eigenvalue weighted by molar-refractivity contribution is 8.04. The maximum Gasteiger partial charge on any atom is 0.270 e. The van der Waals surface area contributed by atoms with Crippen molar-refractivity contribution in [3.63, 3.8) is 0 Å². The van der Waals surface area contributed by atoms with Crippen LogP contribution in [0.15, 0.2) is 58.3 Å². The molecule has 0 saturated carbocycles. The van der Waals surface area contributed by atoms with Crippen LogP contribution in [0, 0.1) is 20.2 Å². The molecule has 2 aromatic rings. The van der Waals surface area contributed by atoms with Gasteiger partial charge in [0.1, 0.15) is 0 Å². The standard InChI is InChI=1S/C12H9N3O8S2/c16-14(17)9-3-1-5-11(7-9)24(20,21)13-25(22,23)12-6-2-4-10(8-12)15(18)19/h1-8,13H. The quantitative estimate of drug-likeness (QED) is 0.569. The average molecular weight is 387 g/mol. The number of sulfonamides is 2. The number of hydrogen-bond donors (Lipinski definition) is 1. The maximum atomic E-state index is 12.2. The molecule has 132 valence electrons. The molecule has 0 unspecified atom stereocenters. The molecule has 0 spiro atoms. The molecular formula is C12H9N3O8S2. The first kappa shape index (κ1) is 18.4. The summed E-state index contributed by atoms with van der Waals surface area (Å²) in [5.41, 5.74) is -1.09. The van der Waals surface area contributed by atoms with Gasteiger partial charge in [0.2, 0.25) is 0 Å². The smallest absolute Gasteiger partial charge is 0.258 e. The summed E-state index contributed by atoms with van der Waals surface area (Å²) in [6, 6.07) is 7.54. The number of non-ortho nitro benzene ring substituents is 2. The van der Waals surface area contributed by atoms with Crippen molar-refractivity contribution in [2.75, 3.05) is 0 Å². The van der Waals surface area contributed by atoms with Gasteiger partial charge in [0.15, 0.2) is 0 Å². The normalized spacial score (nSPS) is 11.8. The van der Waals surface area contributed by atoms with Crippen molar-refractivity contribution in [1.29, 1.82) is 0 Å². The summed E-state index contributed by atoms with van der Waals surface area (Å²) >= 11 is 0. The van der Waals surface area contributed by atoms with Crippen molar-refractivity contribution in [2.24, 2.45) is 0 Å². The van der Waals surface area contributed by atoms with Gasteiger partial charge in [-0.15, -0.1) is 4.13 Å². The molecule has 1 N–H and O–H groups in total. The Morgan fingerprint density at radius 3 is 1.40 bits per heavy atom. The minimum absolute atomic E-state index is 0.546. The second-order valence-electron chi connectivity index (χ2n) is 4.60. The molecule has 0 radical (unpaired) electrons. The Bertz CT molecular complexity index is 978. The number of hydrogen-bond acceptors (Lipinski definition) is 8. The van der Waals surface area contributed by atoms with Gasteiger partial charge in [0, 0.05) is 24.3 Å². The SMILES string of the molecule is O=[N+]([O-])c1cccc(S(=O)(=O)NS(=O)(=O)c2cccc([N+](=O)[O-])c2)c1. The van der Waals surface area contributed by atoms with Crippen molar-refractivity contribution < 1.29 is 26.7 Å². The summed E-state index contributed by atoms with van der Waals surface area (Å²) in [6.45, 7) is 0. The zero-order valence-electron chi connectivity index (χ0n) is 12.1. The van der Waals surface area contributed by atoms with E-state index in [1.165, 1.54) is 4.13 Å². The summed E-state index contributed by atoms with van der Waals surface area (Å²) in [4.78, 5) is 18.4. The fourth-order valence-electron chi connectivity index (χ4n) is 1.77. The number of benzene rings is 2. The zero-order valence-corrected chi connectivity index (χ0v) is 13.7. The topological polar surface area (TPSA) is 167 Å². The van der Waals surface area contributed by atoms with E-state index >= 15 is 0 Å². The van der Waals surface area contributed by atoms with Gasteiger partial charge in [0.25, 0.3) is 31.4 Å². The van der Waals surface area contributed by atoms with E-state index < -0.39 is 51.1 Å². The number of nitrogens with one attached hydrogen (secondary N) is 1. The van der Waals surface area contributed by atoms with E-state index in [1.807, 2.05) is 0 Å². The number of nitro benzene ring substituents is 2. The highest BCUT2D eigenvalue weighted by Crippen LogP contribution is 2.21. The molecule has 0 amide bonds. The lowest BCUT2D eigenvalue weighted by atomic mass is 10.3. The second-order valence-corrected chi connectivity index (χ2v) is 8.22. The third-order valence-electron chi connectivity index (χ3n) is 2.90. The fourth-order valence-corrected chi connectivity index (χ4v) is 4.76. The van der Waals surface area contributed by atoms with Crippen LogP contribution in [-0.4, -0.2) is 26.7 Å². The molecule has 0 aliphatic heterocycles. The lowest BCUT2D eigenvalue weighted by Crippen LogP contribution is -2.30. The minimum Gasteiger partial charge on any atom is -0.258 e. The molecule has 0 aliphatic carbocycles. The predicted molar refractivity (Wildman–Crippen MR) is 83.7 cm³/mol. The van der Waals surface area contributed by atoms with Gasteiger partial charge >= 0.3 is 0 Å². The predicted octanol–water partition coefficient (Wildman–Crippen LogP) is 1.17. The Hall–Kier alpha value is -2.90. The van der Waals surface area contributed by atoms with Gasteiger partial charge in [0.05, 0.1) is 19.6 Å². The molecule has 0 bridgehead atoms. The van der Waals surface area contributed by atoms with Crippen LogP contribution in [0.3, 0.4) is 0 Å². The van der Waals surface area contributed by atoms with E-state index in [0.29, 0.717) is 12.1 Å². The van der Waals surface area contributed by atoms with Crippen molar-refractivity contribution in [1.82, 2.24) is 4.13 Å². The zero-order chi connectivity index (χ0) is 18.8. The number of rotatable bonds is 6. The van der Waals surface area contributed by atoms with Crippen LogP contribution in [0.4, 0.5) is 11.4 Å². The van der Waals surface area contributed by atoms with E-state index in [9.17, 15) is 37.1 Å². The summed E-state index contributed by atoms with van der Waals surface area (Å²) < 4.78 is 50.1. The first-order valence-electron chi connectivity index (χ1n) is 6.30. The van der Waals surface area contributed by atoms with Crippen molar-refractivity contribution >= 4 is 31.4 Å². The van der Waals surface area contributed by atoms with Gasteiger partial charge in [-0.05, 0) is 12.1 Å². The van der Waals surface area contributed by atoms with Crippen LogP contribution in [0.5, 0.6) is 0 Å². The first-order chi connectivity index (χ1) is 11.5. The molecule has 13 heteroatoms. The van der Waals surface area contributed by atoms with Crippen molar-refractivity contribution in [3.8, 4) is 0 Å². The fraction of sp³-hybridized carbons (Fsp3) is 0. The Morgan fingerprint density at radius 1 is 0.720 bits per heavy atom. The summed E-state index contributed by atoms with van der Waals surface area (Å²) in [7, 11) is -9.33. The molecule has 11 nitrogen and oxygen atoms in total. The second kappa shape index (κ2) is 6.54. The van der Waals surface area contributed by atoms with Gasteiger partial charge in [-0.1, -0.05) is 12.1 Å². The summed E-state index contributed by atoms with van der Waals surface area (Å²) in [5, 5.41) is 21.4. The summed E-state index contributed by atoms with van der Waals surface area (Å²) in [6.07, 6.45) is 0. The highest BCUT2D eigenvalue weighted by atomic mass is 32.3. The van der Waals surface area contributed by atoms with Crippen LogP contribution in [0.1, 0.15) is 0 Å². The number of nitrogens with zero attached hydrogens (tertiary/aromatic N) is 2. The molecule has 25 heavy (non-hydrogen) atoms. The monoisotopic (exact) mass is 387 g/mol. The Balaban J connectivity index is 2.43. The van der Waals surface area contributed by atoms with Crippen LogP contribution in [0.25, 0.3) is 0 Å². The van der Waals surface area contributed by atoms with E-state index in [4.69, 9.17) is 0 Å². The molecule has 0 aromatic heterocycles. The van der Waals surface area contributed by atoms with Crippen molar-refractivity contribution in [3.05, 3.63) is 68.8 Å². The van der Waals surface area contributed by atoms with Crippen LogP contribution < -0.4 is 4.13 Å². The van der Waals surface area contributed by atoms with Crippen LogP contribution in [-0.2, 0) is 20.0 Å². The third-order valence-corrected chi connectivity index (χ3v) is 6.40. The Kier molecular flexibility index (Phi) is 4.82. The van der Waals surface area contributed by atoms with E-state index in [2.05, 4.69) is 0 Å². The molecule has 0 aliphatic rings. The molecular weight excluding hydrogens is 378 g/mol. The van der Waals surface area contributed by atoms with Crippen molar-refractivity contribution in [2.45, 2.75) is 9.79 Å². The molecule has 0 heterocycles. The average Bonchev–Trinajstić information content (AvgIpc) is 2.54. The molecule has 0 atom stereocenters. The highest BCUT2D eigenvalue weighted by Gasteiger charge is 2.27. The molecule has 2 aromatic carbocycles. The summed E-state index contributed by atoms with van der Waals surface area (Å²) in [5.74, 6) is 0. The van der Waals surface area contributed by atoms with Crippen LogP contribution >= 0.6 is 0 Å². The van der Waals surface area contributed by atoms with Gasteiger partial charge in [-0.2, -0.15) is 0 Å². The lowest BCUT2D eigenvalue weighted by Gasteiger charge is -2.08. The van der Waals surface area contributed by atoms with E-state index in [-0.39, 0.29) is 0 Å². The van der Waals surface area contributed by atoms with E-state index in [1.54, 1.807) is 0 Å². The Labute approximate surface area is 141 Å². The molecule has 2 rings (SSSR count). The largest absolute Gasteiger partial charge is 0.270 e. The Morgan fingerprint density at radius 2 is 1.08 bits per heavy atom. The number of nitro groups is 2. The van der Waals surface area contributed by atoms with Gasteiger partial charge in [-0.3, -0.25) is 20.2 Å².